The Hall–Kier alpha value is -1.35. The van der Waals surface area contributed by atoms with Crippen LogP contribution < -0.4 is 5.32 Å². The number of aryl methyl sites for hydroxylation is 1. The molecule has 1 aromatic rings. The Morgan fingerprint density at radius 3 is 3.00 bits per heavy atom. The lowest BCUT2D eigenvalue weighted by atomic mass is 10.0. The molecule has 0 spiro atoms. The van der Waals surface area contributed by atoms with Crippen molar-refractivity contribution in [3.63, 3.8) is 0 Å². The fraction of sp³-hybridized carbons (Fsp3) is 0.417. The lowest BCUT2D eigenvalue weighted by Gasteiger charge is -2.10. The molecule has 3 nitrogen and oxygen atoms in total. The topological polar surface area (TPSA) is 49.3 Å². The van der Waals surface area contributed by atoms with Gasteiger partial charge in [0.15, 0.2) is 5.78 Å². The highest BCUT2D eigenvalue weighted by atomic mass is 16.3. The highest BCUT2D eigenvalue weighted by Crippen LogP contribution is 2.22. The number of rotatable bonds is 2. The van der Waals surface area contributed by atoms with Crippen LogP contribution in [0.1, 0.15) is 28.8 Å². The summed E-state index contributed by atoms with van der Waals surface area (Å²) in [7, 11) is 0. The van der Waals surface area contributed by atoms with E-state index in [2.05, 4.69) is 5.32 Å². The third-order valence-electron chi connectivity index (χ3n) is 2.79. The van der Waals surface area contributed by atoms with Gasteiger partial charge in [-0.3, -0.25) is 4.79 Å². The lowest BCUT2D eigenvalue weighted by molar-refractivity contribution is 0.0949. The Kier molecular flexibility index (Phi) is 2.73. The number of carbonyl (C=O) groups excluding carboxylic acids is 1. The van der Waals surface area contributed by atoms with Gasteiger partial charge in [-0.15, -0.1) is 0 Å². The van der Waals surface area contributed by atoms with Crippen LogP contribution in [0.15, 0.2) is 18.2 Å². The molecule has 1 fully saturated rings. The number of ketones is 1. The fourth-order valence-corrected chi connectivity index (χ4v) is 1.94. The van der Waals surface area contributed by atoms with E-state index in [0.29, 0.717) is 5.56 Å². The van der Waals surface area contributed by atoms with Crippen molar-refractivity contribution in [2.24, 2.45) is 0 Å². The molecule has 15 heavy (non-hydrogen) atoms. The van der Waals surface area contributed by atoms with Crippen LogP contribution in [-0.2, 0) is 0 Å². The predicted octanol–water partition coefficient (Wildman–Crippen LogP) is 1.64. The first-order valence-electron chi connectivity index (χ1n) is 5.25. The molecule has 2 N–H and O–H groups in total. The van der Waals surface area contributed by atoms with Crippen molar-refractivity contribution in [2.45, 2.75) is 25.8 Å². The van der Waals surface area contributed by atoms with E-state index in [1.165, 1.54) is 0 Å². The Bertz CT molecular complexity index is 381. The van der Waals surface area contributed by atoms with Gasteiger partial charge in [-0.2, -0.15) is 0 Å². The number of nitrogens with one attached hydrogen (secondary N) is 1. The predicted molar refractivity (Wildman–Crippen MR) is 58.2 cm³/mol. The molecular formula is C12H15NO2. The number of aromatic hydroxyl groups is 1. The third kappa shape index (κ3) is 2.02. The van der Waals surface area contributed by atoms with E-state index >= 15 is 0 Å². The van der Waals surface area contributed by atoms with E-state index in [-0.39, 0.29) is 17.6 Å². The second kappa shape index (κ2) is 4.03. The average molecular weight is 205 g/mol. The van der Waals surface area contributed by atoms with Crippen LogP contribution in [0, 0.1) is 6.92 Å². The van der Waals surface area contributed by atoms with Gasteiger partial charge in [-0.25, -0.2) is 0 Å². The molecule has 0 aromatic heterocycles. The summed E-state index contributed by atoms with van der Waals surface area (Å²) >= 11 is 0. The SMILES string of the molecule is Cc1ccc(O)c(C(=O)C2CCCN2)c1. The summed E-state index contributed by atoms with van der Waals surface area (Å²) in [6.45, 7) is 2.81. The van der Waals surface area contributed by atoms with Crippen molar-refractivity contribution in [2.75, 3.05) is 6.54 Å². The maximum Gasteiger partial charge on any atom is 0.183 e. The summed E-state index contributed by atoms with van der Waals surface area (Å²) in [5, 5.41) is 12.8. The minimum Gasteiger partial charge on any atom is -0.507 e. The molecule has 80 valence electrons. The molecule has 0 amide bonds. The van der Waals surface area contributed by atoms with Gasteiger partial charge >= 0.3 is 0 Å². The molecule has 0 radical (unpaired) electrons. The third-order valence-corrected chi connectivity index (χ3v) is 2.79. The maximum atomic E-state index is 12.0. The standard InChI is InChI=1S/C12H15NO2/c1-8-4-5-11(14)9(7-8)12(15)10-3-2-6-13-10/h4-5,7,10,13-14H,2-3,6H2,1H3. The molecule has 1 saturated heterocycles. The Morgan fingerprint density at radius 1 is 1.53 bits per heavy atom. The first-order chi connectivity index (χ1) is 7.18. The highest BCUT2D eigenvalue weighted by molar-refractivity contribution is 6.02. The molecule has 1 aromatic carbocycles. The first kappa shape index (κ1) is 10.2. The summed E-state index contributed by atoms with van der Waals surface area (Å²) in [6.07, 6.45) is 1.90. The second-order valence-electron chi connectivity index (χ2n) is 4.03. The zero-order valence-electron chi connectivity index (χ0n) is 8.79. The van der Waals surface area contributed by atoms with Gasteiger partial charge in [0.25, 0.3) is 0 Å². The Labute approximate surface area is 89.1 Å². The summed E-state index contributed by atoms with van der Waals surface area (Å²) in [5.74, 6) is 0.0907. The van der Waals surface area contributed by atoms with E-state index in [9.17, 15) is 9.90 Å². The Morgan fingerprint density at radius 2 is 2.33 bits per heavy atom. The Balaban J connectivity index is 2.27. The van der Waals surface area contributed by atoms with E-state index in [1.54, 1.807) is 18.2 Å². The van der Waals surface area contributed by atoms with E-state index in [0.717, 1.165) is 24.9 Å². The number of benzene rings is 1. The summed E-state index contributed by atoms with van der Waals surface area (Å²) in [4.78, 5) is 12.0. The monoisotopic (exact) mass is 205 g/mol. The fourth-order valence-electron chi connectivity index (χ4n) is 1.94. The van der Waals surface area contributed by atoms with Crippen LogP contribution in [0.25, 0.3) is 0 Å². The summed E-state index contributed by atoms with van der Waals surface area (Å²) < 4.78 is 0. The maximum absolute atomic E-state index is 12.0. The van der Waals surface area contributed by atoms with Crippen molar-refractivity contribution in [3.8, 4) is 5.75 Å². The molecular weight excluding hydrogens is 190 g/mol. The van der Waals surface area contributed by atoms with Gasteiger partial charge in [0.1, 0.15) is 5.75 Å². The molecule has 1 aliphatic heterocycles. The molecule has 0 bridgehead atoms. The summed E-state index contributed by atoms with van der Waals surface area (Å²) in [6, 6.07) is 5.02. The molecule has 1 heterocycles. The lowest BCUT2D eigenvalue weighted by Crippen LogP contribution is -2.30. The van der Waals surface area contributed by atoms with Crippen LogP contribution in [-0.4, -0.2) is 23.5 Å². The number of carbonyl (C=O) groups is 1. The molecule has 3 heteroatoms. The van der Waals surface area contributed by atoms with Gasteiger partial charge in [0.05, 0.1) is 11.6 Å². The quantitative estimate of drug-likeness (QED) is 0.721. The molecule has 1 atom stereocenters. The van der Waals surface area contributed by atoms with Crippen molar-refractivity contribution in [3.05, 3.63) is 29.3 Å². The van der Waals surface area contributed by atoms with Crippen LogP contribution in [0.4, 0.5) is 0 Å². The van der Waals surface area contributed by atoms with Crippen LogP contribution in [0.2, 0.25) is 0 Å². The zero-order valence-corrected chi connectivity index (χ0v) is 8.79. The molecule has 0 aliphatic carbocycles. The normalized spacial score (nSPS) is 20.5. The average Bonchev–Trinajstić information content (AvgIpc) is 2.74. The largest absolute Gasteiger partial charge is 0.507 e. The van der Waals surface area contributed by atoms with Gasteiger partial charge in [-0.05, 0) is 38.4 Å². The van der Waals surface area contributed by atoms with Crippen molar-refractivity contribution in [1.82, 2.24) is 5.32 Å². The molecule has 1 unspecified atom stereocenters. The van der Waals surface area contributed by atoms with E-state index < -0.39 is 0 Å². The van der Waals surface area contributed by atoms with Gasteiger partial charge < -0.3 is 10.4 Å². The van der Waals surface area contributed by atoms with Gasteiger partial charge in [-0.1, -0.05) is 11.6 Å². The second-order valence-corrected chi connectivity index (χ2v) is 4.03. The first-order valence-corrected chi connectivity index (χ1v) is 5.25. The number of hydrogen-bond acceptors (Lipinski definition) is 3. The van der Waals surface area contributed by atoms with E-state index in [4.69, 9.17) is 0 Å². The minimum absolute atomic E-state index is 0.00806. The highest BCUT2D eigenvalue weighted by Gasteiger charge is 2.25. The van der Waals surface area contributed by atoms with Crippen molar-refractivity contribution >= 4 is 5.78 Å². The van der Waals surface area contributed by atoms with Gasteiger partial charge in [0.2, 0.25) is 0 Å². The van der Waals surface area contributed by atoms with Crippen LogP contribution in [0.3, 0.4) is 0 Å². The molecule has 2 rings (SSSR count). The van der Waals surface area contributed by atoms with Crippen molar-refractivity contribution in [1.29, 1.82) is 0 Å². The summed E-state index contributed by atoms with van der Waals surface area (Å²) in [5.41, 5.74) is 1.43. The smallest absolute Gasteiger partial charge is 0.183 e. The zero-order chi connectivity index (χ0) is 10.8. The molecule has 1 aliphatic rings. The van der Waals surface area contributed by atoms with Crippen LogP contribution in [0.5, 0.6) is 5.75 Å². The number of Topliss-reactive ketones (excluding diaryl/α,β-unsaturated/α-hetero) is 1. The minimum atomic E-state index is -0.113. The van der Waals surface area contributed by atoms with E-state index in [1.807, 2.05) is 6.92 Å². The van der Waals surface area contributed by atoms with Gasteiger partial charge in [0, 0.05) is 0 Å². The molecule has 0 saturated carbocycles. The van der Waals surface area contributed by atoms with Crippen molar-refractivity contribution < 1.29 is 9.90 Å². The number of hydrogen-bond donors (Lipinski definition) is 2. The number of phenolic OH excluding ortho intramolecular Hbond substituents is 1. The van der Waals surface area contributed by atoms with Crippen LogP contribution >= 0.6 is 0 Å². The number of phenols is 1.